The summed E-state index contributed by atoms with van der Waals surface area (Å²) >= 11 is 1.65. The molecule has 144 valence electrons. The van der Waals surface area contributed by atoms with E-state index < -0.39 is 0 Å². The van der Waals surface area contributed by atoms with Crippen molar-refractivity contribution in [3.05, 3.63) is 63.9 Å². The van der Waals surface area contributed by atoms with Crippen molar-refractivity contribution in [1.29, 1.82) is 0 Å². The summed E-state index contributed by atoms with van der Waals surface area (Å²) in [6, 6.07) is 14.8. The van der Waals surface area contributed by atoms with Crippen molar-refractivity contribution in [1.82, 2.24) is 15.1 Å². The van der Waals surface area contributed by atoms with Gasteiger partial charge in [0.25, 0.3) is 0 Å². The maximum Gasteiger partial charge on any atom is 0.247 e. The largest absolute Gasteiger partial charge is 0.349 e. The van der Waals surface area contributed by atoms with Crippen LogP contribution in [0.2, 0.25) is 0 Å². The Morgan fingerprint density at radius 2 is 1.81 bits per heavy atom. The lowest BCUT2D eigenvalue weighted by Gasteiger charge is -2.36. The minimum atomic E-state index is 0.0265. The minimum absolute atomic E-state index is 0.0265. The van der Waals surface area contributed by atoms with E-state index in [1.54, 1.807) is 11.3 Å². The highest BCUT2D eigenvalue weighted by atomic mass is 32.1. The van der Waals surface area contributed by atoms with Crippen molar-refractivity contribution in [2.75, 3.05) is 32.7 Å². The van der Waals surface area contributed by atoms with Crippen LogP contribution >= 0.6 is 11.3 Å². The molecule has 1 atom stereocenters. The lowest BCUT2D eigenvalue weighted by Crippen LogP contribution is -2.50. The van der Waals surface area contributed by atoms with Crippen molar-refractivity contribution in [3.8, 4) is 0 Å². The summed E-state index contributed by atoms with van der Waals surface area (Å²) in [5.74, 6) is 0.0265. The standard InChI is InChI=1S/C22H29N3OS/c1-18(15-21-9-6-14-27-21)22(26)23-19(2)16-24-10-12-25(13-11-24)17-20-7-4-3-5-8-20/h3-9,14-15,19H,10-13,16-17H2,1-2H3,(H,23,26)/b18-15+/t19-/m0/s1. The van der Waals surface area contributed by atoms with E-state index in [9.17, 15) is 4.79 Å². The van der Waals surface area contributed by atoms with Gasteiger partial charge in [-0.15, -0.1) is 11.3 Å². The van der Waals surface area contributed by atoms with Crippen LogP contribution < -0.4 is 5.32 Å². The molecule has 1 aliphatic heterocycles. The molecule has 1 amide bonds. The maximum atomic E-state index is 12.4. The van der Waals surface area contributed by atoms with Crippen molar-refractivity contribution in [2.24, 2.45) is 0 Å². The molecule has 0 spiro atoms. The van der Waals surface area contributed by atoms with E-state index >= 15 is 0 Å². The number of thiophene rings is 1. The molecule has 0 bridgehead atoms. The molecule has 1 aromatic heterocycles. The van der Waals surface area contributed by atoms with Gasteiger partial charge in [-0.1, -0.05) is 36.4 Å². The molecule has 1 aromatic carbocycles. The molecule has 5 heteroatoms. The molecule has 0 aliphatic carbocycles. The van der Waals surface area contributed by atoms with E-state index in [4.69, 9.17) is 0 Å². The molecule has 1 saturated heterocycles. The molecule has 0 unspecified atom stereocenters. The summed E-state index contributed by atoms with van der Waals surface area (Å²) in [4.78, 5) is 18.4. The van der Waals surface area contributed by atoms with E-state index in [1.807, 2.05) is 30.5 Å². The SMILES string of the molecule is C/C(=C\c1cccs1)C(=O)N[C@@H](C)CN1CCN(Cc2ccccc2)CC1. The van der Waals surface area contributed by atoms with Crippen LogP contribution in [0.4, 0.5) is 0 Å². The number of benzene rings is 1. The Labute approximate surface area is 166 Å². The average Bonchev–Trinajstić information content (AvgIpc) is 3.17. The fourth-order valence-electron chi connectivity index (χ4n) is 3.39. The topological polar surface area (TPSA) is 35.6 Å². The average molecular weight is 384 g/mol. The monoisotopic (exact) mass is 383 g/mol. The maximum absolute atomic E-state index is 12.4. The van der Waals surface area contributed by atoms with E-state index in [0.717, 1.165) is 49.7 Å². The second kappa shape index (κ2) is 9.83. The zero-order valence-corrected chi connectivity index (χ0v) is 17.0. The van der Waals surface area contributed by atoms with Gasteiger partial charge in [-0.05, 0) is 36.9 Å². The Morgan fingerprint density at radius 1 is 1.11 bits per heavy atom. The molecule has 2 aromatic rings. The number of hydrogen-bond donors (Lipinski definition) is 1. The Kier molecular flexibility index (Phi) is 7.21. The number of piperazine rings is 1. The summed E-state index contributed by atoms with van der Waals surface area (Å²) < 4.78 is 0. The highest BCUT2D eigenvalue weighted by Gasteiger charge is 2.19. The van der Waals surface area contributed by atoms with Crippen LogP contribution in [-0.4, -0.2) is 54.5 Å². The van der Waals surface area contributed by atoms with Crippen LogP contribution in [0.3, 0.4) is 0 Å². The number of nitrogens with one attached hydrogen (secondary N) is 1. The third-order valence-electron chi connectivity index (χ3n) is 4.88. The minimum Gasteiger partial charge on any atom is -0.349 e. The Balaban J connectivity index is 1.40. The van der Waals surface area contributed by atoms with Gasteiger partial charge in [0.05, 0.1) is 0 Å². The van der Waals surface area contributed by atoms with Gasteiger partial charge >= 0.3 is 0 Å². The van der Waals surface area contributed by atoms with Gasteiger partial charge in [-0.25, -0.2) is 0 Å². The summed E-state index contributed by atoms with van der Waals surface area (Å²) in [5.41, 5.74) is 2.14. The third kappa shape index (κ3) is 6.31. The van der Waals surface area contributed by atoms with Crippen molar-refractivity contribution in [2.45, 2.75) is 26.4 Å². The summed E-state index contributed by atoms with van der Waals surface area (Å²) in [6.07, 6.45) is 1.95. The molecule has 2 heterocycles. The lowest BCUT2D eigenvalue weighted by atomic mass is 10.2. The van der Waals surface area contributed by atoms with Gasteiger partial charge in [-0.3, -0.25) is 14.6 Å². The van der Waals surface area contributed by atoms with Crippen LogP contribution in [0.25, 0.3) is 6.08 Å². The molecule has 0 radical (unpaired) electrons. The van der Waals surface area contributed by atoms with Gasteiger partial charge in [0.15, 0.2) is 0 Å². The lowest BCUT2D eigenvalue weighted by molar-refractivity contribution is -0.118. The molecule has 4 nitrogen and oxygen atoms in total. The zero-order valence-electron chi connectivity index (χ0n) is 16.2. The first-order chi connectivity index (χ1) is 13.1. The number of nitrogens with zero attached hydrogens (tertiary/aromatic N) is 2. The summed E-state index contributed by atoms with van der Waals surface area (Å²) in [5, 5.41) is 5.16. The number of carbonyl (C=O) groups is 1. The van der Waals surface area contributed by atoms with Crippen molar-refractivity contribution < 1.29 is 4.79 Å². The predicted molar refractivity (Wildman–Crippen MR) is 114 cm³/mol. The van der Waals surface area contributed by atoms with Crippen molar-refractivity contribution in [3.63, 3.8) is 0 Å². The highest BCUT2D eigenvalue weighted by molar-refractivity contribution is 7.10. The van der Waals surface area contributed by atoms with E-state index in [2.05, 4.69) is 52.4 Å². The molecule has 0 saturated carbocycles. The van der Waals surface area contributed by atoms with Gasteiger partial charge in [0, 0.05) is 55.8 Å². The van der Waals surface area contributed by atoms with E-state index in [-0.39, 0.29) is 11.9 Å². The predicted octanol–water partition coefficient (Wildman–Crippen LogP) is 3.47. The molecule has 27 heavy (non-hydrogen) atoms. The highest BCUT2D eigenvalue weighted by Crippen LogP contribution is 2.13. The molecular weight excluding hydrogens is 354 g/mol. The van der Waals surface area contributed by atoms with Crippen LogP contribution in [-0.2, 0) is 11.3 Å². The van der Waals surface area contributed by atoms with Gasteiger partial charge < -0.3 is 5.32 Å². The zero-order chi connectivity index (χ0) is 19.1. The number of hydrogen-bond acceptors (Lipinski definition) is 4. The molecule has 1 aliphatic rings. The van der Waals surface area contributed by atoms with Gasteiger partial charge in [-0.2, -0.15) is 0 Å². The van der Waals surface area contributed by atoms with Crippen LogP contribution in [0.1, 0.15) is 24.3 Å². The normalized spacial score (nSPS) is 17.6. The number of amides is 1. The molecule has 1 fully saturated rings. The van der Waals surface area contributed by atoms with E-state index in [0.29, 0.717) is 0 Å². The van der Waals surface area contributed by atoms with Crippen LogP contribution in [0, 0.1) is 0 Å². The summed E-state index contributed by atoms with van der Waals surface area (Å²) in [6.45, 7) is 10.1. The first-order valence-electron chi connectivity index (χ1n) is 9.61. The van der Waals surface area contributed by atoms with Gasteiger partial charge in [0.2, 0.25) is 5.91 Å². The fraction of sp³-hybridized carbons (Fsp3) is 0.409. The second-order valence-electron chi connectivity index (χ2n) is 7.28. The van der Waals surface area contributed by atoms with Crippen LogP contribution in [0.5, 0.6) is 0 Å². The number of carbonyl (C=O) groups excluding carboxylic acids is 1. The summed E-state index contributed by atoms with van der Waals surface area (Å²) in [7, 11) is 0. The number of rotatable bonds is 7. The molecular formula is C22H29N3OS. The molecule has 1 N–H and O–H groups in total. The Bertz CT molecular complexity index is 734. The van der Waals surface area contributed by atoms with Gasteiger partial charge in [0.1, 0.15) is 0 Å². The molecule has 3 rings (SSSR count). The fourth-order valence-corrected chi connectivity index (χ4v) is 4.11. The van der Waals surface area contributed by atoms with Crippen LogP contribution in [0.15, 0.2) is 53.4 Å². The third-order valence-corrected chi connectivity index (χ3v) is 5.70. The Hall–Kier alpha value is -1.95. The van der Waals surface area contributed by atoms with E-state index in [1.165, 1.54) is 5.56 Å². The second-order valence-corrected chi connectivity index (χ2v) is 8.26. The Morgan fingerprint density at radius 3 is 2.48 bits per heavy atom. The first-order valence-corrected chi connectivity index (χ1v) is 10.5. The first kappa shape index (κ1) is 19.8. The quantitative estimate of drug-likeness (QED) is 0.744. The smallest absolute Gasteiger partial charge is 0.247 e. The van der Waals surface area contributed by atoms with Crippen molar-refractivity contribution >= 4 is 23.3 Å².